The molecule has 0 saturated heterocycles. The third kappa shape index (κ3) is 4.77. The van der Waals surface area contributed by atoms with Crippen molar-refractivity contribution in [2.45, 2.75) is 38.5 Å². The Morgan fingerprint density at radius 3 is 2.60 bits per heavy atom. The van der Waals surface area contributed by atoms with Gasteiger partial charge in [0.05, 0.1) is 4.90 Å². The Balaban J connectivity index is 2.65. The number of hydrogen-bond donors (Lipinski definition) is 2. The van der Waals surface area contributed by atoms with Crippen LogP contribution in [-0.4, -0.2) is 28.2 Å². The van der Waals surface area contributed by atoms with E-state index in [2.05, 4.69) is 4.72 Å². The molecule has 1 aromatic carbocycles. The van der Waals surface area contributed by atoms with Gasteiger partial charge in [0.1, 0.15) is 0 Å². The highest BCUT2D eigenvalue weighted by molar-refractivity contribution is 7.89. The smallest absolute Gasteiger partial charge is 0.240 e. The third-order valence-electron chi connectivity index (χ3n) is 3.04. The number of nitrogens with two attached hydrogens (primary N) is 1. The quantitative estimate of drug-likeness (QED) is 0.568. The SMILES string of the molecule is CCCOCCCNS(=O)(=O)c1cc(N)cc(C)c1C. The van der Waals surface area contributed by atoms with Crippen LogP contribution in [0.15, 0.2) is 17.0 Å². The molecule has 0 atom stereocenters. The van der Waals surface area contributed by atoms with Gasteiger partial charge >= 0.3 is 0 Å². The lowest BCUT2D eigenvalue weighted by Gasteiger charge is -2.12. The Kier molecular flexibility index (Phi) is 6.45. The van der Waals surface area contributed by atoms with E-state index in [1.165, 1.54) is 6.07 Å². The predicted octanol–water partition coefficient (Wildman–Crippen LogP) is 1.98. The second-order valence-corrected chi connectivity index (χ2v) is 6.56. The van der Waals surface area contributed by atoms with Gasteiger partial charge in [0.25, 0.3) is 0 Å². The highest BCUT2D eigenvalue weighted by atomic mass is 32.2. The second-order valence-electron chi connectivity index (χ2n) is 4.82. The Hall–Kier alpha value is -1.11. The summed E-state index contributed by atoms with van der Waals surface area (Å²) in [6.07, 6.45) is 1.62. The minimum Gasteiger partial charge on any atom is -0.399 e. The van der Waals surface area contributed by atoms with E-state index in [4.69, 9.17) is 10.5 Å². The van der Waals surface area contributed by atoms with Gasteiger partial charge in [0, 0.05) is 25.4 Å². The van der Waals surface area contributed by atoms with Gasteiger partial charge in [-0.15, -0.1) is 0 Å². The first-order chi connectivity index (χ1) is 9.38. The molecular weight excluding hydrogens is 276 g/mol. The highest BCUT2D eigenvalue weighted by Gasteiger charge is 2.17. The summed E-state index contributed by atoms with van der Waals surface area (Å²) in [4.78, 5) is 0.254. The molecule has 6 heteroatoms. The van der Waals surface area contributed by atoms with Gasteiger partial charge in [-0.3, -0.25) is 0 Å². The van der Waals surface area contributed by atoms with Gasteiger partial charge in [-0.1, -0.05) is 6.92 Å². The van der Waals surface area contributed by atoms with Crippen LogP contribution in [0.1, 0.15) is 30.9 Å². The van der Waals surface area contributed by atoms with Crippen molar-refractivity contribution in [2.75, 3.05) is 25.5 Å². The van der Waals surface area contributed by atoms with E-state index in [-0.39, 0.29) is 4.90 Å². The first-order valence-corrected chi connectivity index (χ1v) is 8.31. The third-order valence-corrected chi connectivity index (χ3v) is 4.62. The van der Waals surface area contributed by atoms with E-state index in [9.17, 15) is 8.42 Å². The van der Waals surface area contributed by atoms with Crippen molar-refractivity contribution in [3.8, 4) is 0 Å². The molecule has 0 heterocycles. The summed E-state index contributed by atoms with van der Waals surface area (Å²) in [5, 5.41) is 0. The monoisotopic (exact) mass is 300 g/mol. The van der Waals surface area contributed by atoms with Crippen LogP contribution in [0.25, 0.3) is 0 Å². The molecule has 0 aliphatic carbocycles. The van der Waals surface area contributed by atoms with Crippen LogP contribution in [0.5, 0.6) is 0 Å². The van der Waals surface area contributed by atoms with Gasteiger partial charge in [-0.05, 0) is 49.9 Å². The van der Waals surface area contributed by atoms with E-state index in [0.29, 0.717) is 31.9 Å². The highest BCUT2D eigenvalue weighted by Crippen LogP contribution is 2.22. The van der Waals surface area contributed by atoms with E-state index in [1.54, 1.807) is 13.0 Å². The Bertz CT molecular complexity index is 542. The standard InChI is InChI=1S/C14H24N2O3S/c1-4-7-19-8-5-6-16-20(17,18)14-10-13(15)9-11(2)12(14)3/h9-10,16H,4-8,15H2,1-3H3. The zero-order valence-electron chi connectivity index (χ0n) is 12.4. The first-order valence-electron chi connectivity index (χ1n) is 6.82. The molecule has 0 aromatic heterocycles. The van der Waals surface area contributed by atoms with Crippen molar-refractivity contribution in [1.82, 2.24) is 4.72 Å². The summed E-state index contributed by atoms with van der Waals surface area (Å²) in [7, 11) is -3.51. The number of hydrogen-bond acceptors (Lipinski definition) is 4. The van der Waals surface area contributed by atoms with Crippen LogP contribution in [0.2, 0.25) is 0 Å². The van der Waals surface area contributed by atoms with Gasteiger partial charge < -0.3 is 10.5 Å². The average molecular weight is 300 g/mol. The van der Waals surface area contributed by atoms with Gasteiger partial charge in [0.15, 0.2) is 0 Å². The summed E-state index contributed by atoms with van der Waals surface area (Å²) in [5.74, 6) is 0. The molecule has 20 heavy (non-hydrogen) atoms. The molecule has 5 nitrogen and oxygen atoms in total. The lowest BCUT2D eigenvalue weighted by Crippen LogP contribution is -2.26. The molecule has 0 aliphatic rings. The fourth-order valence-electron chi connectivity index (χ4n) is 1.84. The molecule has 0 radical (unpaired) electrons. The molecule has 0 spiro atoms. The maximum absolute atomic E-state index is 12.2. The van der Waals surface area contributed by atoms with Gasteiger partial charge in [-0.25, -0.2) is 13.1 Å². The van der Waals surface area contributed by atoms with Crippen molar-refractivity contribution >= 4 is 15.7 Å². The lowest BCUT2D eigenvalue weighted by molar-refractivity contribution is 0.133. The largest absolute Gasteiger partial charge is 0.399 e. The second kappa shape index (κ2) is 7.61. The maximum atomic E-state index is 12.2. The minimum absolute atomic E-state index is 0.254. The molecule has 114 valence electrons. The number of sulfonamides is 1. The van der Waals surface area contributed by atoms with Gasteiger partial charge in [0.2, 0.25) is 10.0 Å². The zero-order chi connectivity index (χ0) is 15.2. The van der Waals surface area contributed by atoms with Gasteiger partial charge in [-0.2, -0.15) is 0 Å². The molecular formula is C14H24N2O3S. The van der Waals surface area contributed by atoms with Crippen LogP contribution >= 0.6 is 0 Å². The van der Waals surface area contributed by atoms with E-state index >= 15 is 0 Å². The molecule has 3 N–H and O–H groups in total. The average Bonchev–Trinajstić information content (AvgIpc) is 2.37. The van der Waals surface area contributed by atoms with Crippen LogP contribution in [0.4, 0.5) is 5.69 Å². The number of anilines is 1. The van der Waals surface area contributed by atoms with Crippen LogP contribution in [0, 0.1) is 13.8 Å². The summed E-state index contributed by atoms with van der Waals surface area (Å²) < 4.78 is 32.4. The van der Waals surface area contributed by atoms with Crippen LogP contribution < -0.4 is 10.5 Å². The summed E-state index contributed by atoms with van der Waals surface area (Å²) in [6.45, 7) is 7.30. The fourth-order valence-corrected chi connectivity index (χ4v) is 3.26. The number of nitrogen functional groups attached to an aromatic ring is 1. The molecule has 1 aromatic rings. The topological polar surface area (TPSA) is 81.4 Å². The van der Waals surface area contributed by atoms with Crippen molar-refractivity contribution < 1.29 is 13.2 Å². The molecule has 0 unspecified atom stereocenters. The fraction of sp³-hybridized carbons (Fsp3) is 0.571. The van der Waals surface area contributed by atoms with E-state index < -0.39 is 10.0 Å². The Morgan fingerprint density at radius 1 is 1.25 bits per heavy atom. The van der Waals surface area contributed by atoms with Crippen molar-refractivity contribution in [1.29, 1.82) is 0 Å². The predicted molar refractivity (Wildman–Crippen MR) is 81.2 cm³/mol. The van der Waals surface area contributed by atoms with E-state index in [0.717, 1.165) is 17.5 Å². The Labute approximate surface area is 121 Å². The zero-order valence-corrected chi connectivity index (χ0v) is 13.2. The van der Waals surface area contributed by atoms with Crippen LogP contribution in [0.3, 0.4) is 0 Å². The Morgan fingerprint density at radius 2 is 1.95 bits per heavy atom. The summed E-state index contributed by atoms with van der Waals surface area (Å²) >= 11 is 0. The molecule has 0 saturated carbocycles. The maximum Gasteiger partial charge on any atom is 0.240 e. The normalized spacial score (nSPS) is 11.8. The van der Waals surface area contributed by atoms with Crippen molar-refractivity contribution in [2.24, 2.45) is 0 Å². The molecule has 0 amide bonds. The van der Waals surface area contributed by atoms with E-state index in [1.807, 2.05) is 13.8 Å². The first kappa shape index (κ1) is 16.9. The number of nitrogens with one attached hydrogen (secondary N) is 1. The summed E-state index contributed by atoms with van der Waals surface area (Å²) in [6, 6.07) is 3.27. The molecule has 0 bridgehead atoms. The number of ether oxygens (including phenoxy) is 1. The van der Waals surface area contributed by atoms with Crippen molar-refractivity contribution in [3.05, 3.63) is 23.3 Å². The van der Waals surface area contributed by atoms with Crippen LogP contribution in [-0.2, 0) is 14.8 Å². The summed E-state index contributed by atoms with van der Waals surface area (Å²) in [5.41, 5.74) is 7.78. The lowest BCUT2D eigenvalue weighted by atomic mass is 10.1. The number of aryl methyl sites for hydroxylation is 1. The molecule has 0 aliphatic heterocycles. The number of rotatable bonds is 8. The minimum atomic E-state index is -3.51. The molecule has 0 fully saturated rings. The van der Waals surface area contributed by atoms with Crippen molar-refractivity contribution in [3.63, 3.8) is 0 Å². The number of benzene rings is 1. The molecule has 1 rings (SSSR count).